The number of hydroxylamine groups is 1. The van der Waals surface area contributed by atoms with E-state index in [4.69, 9.17) is 5.21 Å². The van der Waals surface area contributed by atoms with Crippen LogP contribution in [0.4, 0.5) is 0 Å². The fourth-order valence-corrected chi connectivity index (χ4v) is 0.829. The van der Waals surface area contributed by atoms with Crippen LogP contribution >= 0.6 is 0 Å². The van der Waals surface area contributed by atoms with Gasteiger partial charge >= 0.3 is 0 Å². The zero-order valence-corrected chi connectivity index (χ0v) is 7.93. The van der Waals surface area contributed by atoms with Gasteiger partial charge in [-0.25, -0.2) is 0 Å². The maximum Gasteiger partial charge on any atom is 0.242 e. The van der Waals surface area contributed by atoms with Gasteiger partial charge in [-0.15, -0.1) is 4.91 Å². The van der Waals surface area contributed by atoms with Crippen LogP contribution in [-0.2, 0) is 9.59 Å². The van der Waals surface area contributed by atoms with Crippen molar-refractivity contribution in [2.24, 2.45) is 5.18 Å². The Hall–Kier alpha value is -1.34. The highest BCUT2D eigenvalue weighted by atomic mass is 16.5. The van der Waals surface area contributed by atoms with E-state index in [1.54, 1.807) is 19.3 Å². The zero-order chi connectivity index (χ0) is 11.1. The predicted octanol–water partition coefficient (Wildman–Crippen LogP) is -0.808. The van der Waals surface area contributed by atoms with Crippen LogP contribution < -0.4 is 10.8 Å². The van der Waals surface area contributed by atoms with E-state index >= 15 is 0 Å². The van der Waals surface area contributed by atoms with Crippen LogP contribution in [0.15, 0.2) is 5.18 Å². The van der Waals surface area contributed by atoms with E-state index in [1.165, 1.54) is 0 Å². The fraction of sp³-hybridized carbons (Fsp3) is 0.714. The number of nitroso groups, excluding NO2 is 1. The Labute approximate surface area is 80.8 Å². The van der Waals surface area contributed by atoms with Crippen molar-refractivity contribution in [1.82, 2.24) is 10.8 Å². The highest BCUT2D eigenvalue weighted by molar-refractivity contribution is 5.86. The third-order valence-electron chi connectivity index (χ3n) is 1.46. The van der Waals surface area contributed by atoms with Crippen LogP contribution in [0, 0.1) is 4.91 Å². The van der Waals surface area contributed by atoms with Gasteiger partial charge in [0.1, 0.15) is 12.3 Å². The van der Waals surface area contributed by atoms with Crippen LogP contribution in [0.3, 0.4) is 0 Å². The van der Waals surface area contributed by atoms with E-state index < -0.39 is 18.0 Å². The van der Waals surface area contributed by atoms with Crippen molar-refractivity contribution in [3.05, 3.63) is 4.91 Å². The largest absolute Gasteiger partial charge is 0.352 e. The Morgan fingerprint density at radius 2 is 2.07 bits per heavy atom. The predicted molar refractivity (Wildman–Crippen MR) is 47.6 cm³/mol. The minimum absolute atomic E-state index is 0.155. The Balaban J connectivity index is 4.45. The van der Waals surface area contributed by atoms with Gasteiger partial charge in [-0.2, -0.15) is 5.48 Å². The van der Waals surface area contributed by atoms with Crippen molar-refractivity contribution < 1.29 is 14.8 Å². The first-order valence-corrected chi connectivity index (χ1v) is 4.04. The van der Waals surface area contributed by atoms with Crippen molar-refractivity contribution in [3.63, 3.8) is 0 Å². The molecule has 80 valence electrons. The summed E-state index contributed by atoms with van der Waals surface area (Å²) in [5, 5.41) is 13.4. The molecule has 0 saturated carbocycles. The standard InChI is InChI=1S/C7H13N3O4/c1-4(2)8-7(12)6(10-14)5(3-11)9-13/h3-6,10,14H,1-2H3,(H,8,12). The summed E-state index contributed by atoms with van der Waals surface area (Å²) >= 11 is 0. The van der Waals surface area contributed by atoms with E-state index in [0.29, 0.717) is 0 Å². The number of rotatable bonds is 6. The average molecular weight is 203 g/mol. The molecule has 7 nitrogen and oxygen atoms in total. The summed E-state index contributed by atoms with van der Waals surface area (Å²) in [5.74, 6) is -0.654. The van der Waals surface area contributed by atoms with Crippen LogP contribution in [0.25, 0.3) is 0 Å². The third-order valence-corrected chi connectivity index (χ3v) is 1.46. The molecule has 7 heteroatoms. The van der Waals surface area contributed by atoms with Gasteiger partial charge in [0.15, 0.2) is 6.04 Å². The topological polar surface area (TPSA) is 108 Å². The summed E-state index contributed by atoms with van der Waals surface area (Å²) in [5.41, 5.74) is 1.57. The Morgan fingerprint density at radius 3 is 2.36 bits per heavy atom. The van der Waals surface area contributed by atoms with Gasteiger partial charge in [-0.1, -0.05) is 5.18 Å². The molecule has 0 saturated heterocycles. The average Bonchev–Trinajstić information content (AvgIpc) is 2.12. The Bertz CT molecular complexity index is 211. The number of nitrogens with zero attached hydrogens (tertiary/aromatic N) is 1. The third kappa shape index (κ3) is 3.58. The molecule has 0 radical (unpaired) electrons. The van der Waals surface area contributed by atoms with Gasteiger partial charge in [-0.05, 0) is 13.8 Å². The minimum atomic E-state index is -1.43. The number of nitrogens with one attached hydrogen (secondary N) is 2. The van der Waals surface area contributed by atoms with Crippen molar-refractivity contribution in [2.75, 3.05) is 0 Å². The van der Waals surface area contributed by atoms with Gasteiger partial charge < -0.3 is 15.3 Å². The lowest BCUT2D eigenvalue weighted by molar-refractivity contribution is -0.128. The first kappa shape index (κ1) is 12.7. The maximum absolute atomic E-state index is 11.3. The lowest BCUT2D eigenvalue weighted by Crippen LogP contribution is -2.51. The second-order valence-electron chi connectivity index (χ2n) is 3.00. The molecule has 0 aliphatic heterocycles. The molecule has 0 fully saturated rings. The maximum atomic E-state index is 11.3. The summed E-state index contributed by atoms with van der Waals surface area (Å²) in [4.78, 5) is 31.7. The summed E-state index contributed by atoms with van der Waals surface area (Å²) in [6, 6.07) is -2.93. The van der Waals surface area contributed by atoms with Crippen molar-refractivity contribution >= 4 is 12.2 Å². The number of amides is 1. The van der Waals surface area contributed by atoms with Gasteiger partial charge in [0.25, 0.3) is 0 Å². The molecule has 14 heavy (non-hydrogen) atoms. The number of hydrogen-bond donors (Lipinski definition) is 3. The van der Waals surface area contributed by atoms with E-state index in [2.05, 4.69) is 10.5 Å². The second-order valence-corrected chi connectivity index (χ2v) is 3.00. The summed E-state index contributed by atoms with van der Waals surface area (Å²) in [6.07, 6.45) is 0.195. The molecule has 0 aromatic rings. The van der Waals surface area contributed by atoms with E-state index in [1.807, 2.05) is 0 Å². The van der Waals surface area contributed by atoms with Crippen LogP contribution in [0.2, 0.25) is 0 Å². The normalized spacial score (nSPS) is 14.6. The monoisotopic (exact) mass is 203 g/mol. The SMILES string of the molecule is CC(C)NC(=O)C(NO)C(C=O)N=O. The smallest absolute Gasteiger partial charge is 0.242 e. The number of hydrogen-bond acceptors (Lipinski definition) is 6. The highest BCUT2D eigenvalue weighted by Gasteiger charge is 2.28. The van der Waals surface area contributed by atoms with E-state index in [9.17, 15) is 14.5 Å². The van der Waals surface area contributed by atoms with Crippen LogP contribution in [0.1, 0.15) is 13.8 Å². The number of carbonyl (C=O) groups is 2. The van der Waals surface area contributed by atoms with Gasteiger partial charge in [-0.3, -0.25) is 4.79 Å². The van der Waals surface area contributed by atoms with Gasteiger partial charge in [0, 0.05) is 6.04 Å². The number of carbonyl (C=O) groups excluding carboxylic acids is 2. The summed E-state index contributed by atoms with van der Waals surface area (Å²) in [6.45, 7) is 3.41. The molecule has 0 aliphatic carbocycles. The van der Waals surface area contributed by atoms with E-state index in [-0.39, 0.29) is 12.3 Å². The zero-order valence-electron chi connectivity index (χ0n) is 7.93. The number of aldehydes is 1. The molecule has 0 bridgehead atoms. The van der Waals surface area contributed by atoms with Crippen molar-refractivity contribution in [3.8, 4) is 0 Å². The molecular formula is C7H13N3O4. The highest BCUT2D eigenvalue weighted by Crippen LogP contribution is 1.96. The molecule has 0 aromatic heterocycles. The van der Waals surface area contributed by atoms with Gasteiger partial charge in [0.2, 0.25) is 5.91 Å². The first-order valence-electron chi connectivity index (χ1n) is 4.04. The molecule has 1 amide bonds. The molecule has 2 unspecified atom stereocenters. The quantitative estimate of drug-likeness (QED) is 0.297. The minimum Gasteiger partial charge on any atom is -0.352 e. The molecule has 2 atom stereocenters. The fourth-order valence-electron chi connectivity index (χ4n) is 0.829. The van der Waals surface area contributed by atoms with E-state index in [0.717, 1.165) is 0 Å². The lowest BCUT2D eigenvalue weighted by atomic mass is 10.1. The molecule has 0 aromatic carbocycles. The van der Waals surface area contributed by atoms with Crippen LogP contribution in [-0.4, -0.2) is 35.5 Å². The molecule has 3 N–H and O–H groups in total. The van der Waals surface area contributed by atoms with Crippen molar-refractivity contribution in [1.29, 1.82) is 0 Å². The molecule has 0 rings (SSSR count). The molecule has 0 spiro atoms. The Morgan fingerprint density at radius 1 is 1.50 bits per heavy atom. The van der Waals surface area contributed by atoms with Crippen molar-refractivity contribution in [2.45, 2.75) is 32.0 Å². The Kier molecular flexibility index (Phi) is 5.58. The van der Waals surface area contributed by atoms with Crippen LogP contribution in [0.5, 0.6) is 0 Å². The van der Waals surface area contributed by atoms with Gasteiger partial charge in [0.05, 0.1) is 0 Å². The summed E-state index contributed by atoms with van der Waals surface area (Å²) in [7, 11) is 0. The summed E-state index contributed by atoms with van der Waals surface area (Å²) < 4.78 is 0. The molecule has 0 aliphatic rings. The first-order chi connectivity index (χ1) is 6.56. The molecular weight excluding hydrogens is 190 g/mol. The molecule has 0 heterocycles. The second kappa shape index (κ2) is 6.17. The lowest BCUT2D eigenvalue weighted by Gasteiger charge is -2.17.